The van der Waals surface area contributed by atoms with Crippen LogP contribution in [0.25, 0.3) is 0 Å². The van der Waals surface area contributed by atoms with E-state index in [0.29, 0.717) is 54.4 Å². The molecule has 17 nitrogen and oxygen atoms in total. The predicted octanol–water partition coefficient (Wildman–Crippen LogP) is 9.25. The van der Waals surface area contributed by atoms with E-state index < -0.39 is 17.2 Å². The molecule has 3 spiro atoms. The lowest BCUT2D eigenvalue weighted by molar-refractivity contribution is 0.0263. The average molecular weight is 1070 g/mol. The maximum atomic E-state index is 12.5. The van der Waals surface area contributed by atoms with Gasteiger partial charge in [0.2, 0.25) is 0 Å². The summed E-state index contributed by atoms with van der Waals surface area (Å²) in [5.74, 6) is -1.02. The van der Waals surface area contributed by atoms with Crippen LogP contribution >= 0.6 is 0 Å². The lowest BCUT2D eigenvalue weighted by Crippen LogP contribution is -2.37. The van der Waals surface area contributed by atoms with Crippen molar-refractivity contribution in [3.8, 4) is 18.2 Å². The van der Waals surface area contributed by atoms with Crippen LogP contribution in [0.4, 0.5) is 9.59 Å². The van der Waals surface area contributed by atoms with Crippen molar-refractivity contribution < 1.29 is 38.6 Å². The van der Waals surface area contributed by atoms with Gasteiger partial charge in [0, 0.05) is 62.0 Å². The highest BCUT2D eigenvalue weighted by Gasteiger charge is 2.47. The first kappa shape index (κ1) is 60.2. The third-order valence-corrected chi connectivity index (χ3v) is 15.8. The summed E-state index contributed by atoms with van der Waals surface area (Å²) < 4.78 is 10.9. The van der Waals surface area contributed by atoms with Crippen molar-refractivity contribution in [2.45, 2.75) is 167 Å². The number of nitrogens with one attached hydrogen (secondary N) is 3. The third-order valence-electron chi connectivity index (χ3n) is 15.8. The number of benzene rings is 3. The van der Waals surface area contributed by atoms with E-state index >= 15 is 0 Å². The Hall–Kier alpha value is -7.00. The van der Waals surface area contributed by atoms with E-state index in [0.717, 1.165) is 114 Å². The molecule has 6 aliphatic rings. The zero-order valence-electron chi connectivity index (χ0n) is 46.6. The van der Waals surface area contributed by atoms with Crippen molar-refractivity contribution in [1.29, 1.82) is 15.8 Å². The van der Waals surface area contributed by atoms with E-state index in [2.05, 4.69) is 28.1 Å². The van der Waals surface area contributed by atoms with E-state index in [1.165, 1.54) is 25.0 Å². The van der Waals surface area contributed by atoms with Gasteiger partial charge in [0.25, 0.3) is 11.8 Å². The molecule has 3 heterocycles. The molecule has 0 aromatic heterocycles. The molecule has 6 unspecified atom stereocenters. The Labute approximate surface area is 461 Å². The van der Waals surface area contributed by atoms with Gasteiger partial charge < -0.3 is 46.1 Å². The Morgan fingerprint density at radius 2 is 0.974 bits per heavy atom. The smallest absolute Gasteiger partial charge is 0.410 e. The molecule has 9 rings (SSSR count). The van der Waals surface area contributed by atoms with E-state index in [1.807, 2.05) is 93.8 Å². The molecule has 3 saturated carbocycles. The van der Waals surface area contributed by atoms with Crippen molar-refractivity contribution in [3.05, 3.63) is 106 Å². The van der Waals surface area contributed by atoms with Gasteiger partial charge in [-0.15, -0.1) is 0 Å². The fraction of sp³-hybridized carbons (Fsp3) is 0.574. The number of hydrogen-bond donors (Lipinski definition) is 5. The van der Waals surface area contributed by atoms with Gasteiger partial charge in [-0.3, -0.25) is 9.59 Å². The van der Waals surface area contributed by atoms with Gasteiger partial charge in [-0.2, -0.15) is 15.8 Å². The molecule has 78 heavy (non-hydrogen) atoms. The number of likely N-dealkylation sites (tertiary alicyclic amines) is 2. The van der Waals surface area contributed by atoms with Gasteiger partial charge in [-0.1, -0.05) is 36.4 Å². The van der Waals surface area contributed by atoms with Crippen LogP contribution in [-0.4, -0.2) is 113 Å². The molecule has 3 aromatic carbocycles. The SMILES string of the molecule is CC(C)(C)OC(=O)N1CCC2(CCC(N)C2)C1.CC(C)(C)OC(=O)N1CCC2(CCC(NC(=O)c3ccc(CC#N)cc3)C2)C1.N#CCc1ccc(C(=O)NC2CCC3(CCNC3)C2)cc1.N#CCc1ccc(C(=O)O)cc1. The molecular weight excluding hydrogens is 987 g/mol. The molecule has 3 saturated heterocycles. The first-order chi connectivity index (χ1) is 36.9. The lowest BCUT2D eigenvalue weighted by atomic mass is 9.85. The van der Waals surface area contributed by atoms with E-state index in [1.54, 1.807) is 24.3 Å². The topological polar surface area (TPSA) is 264 Å². The minimum atomic E-state index is -0.946. The summed E-state index contributed by atoms with van der Waals surface area (Å²) >= 11 is 0. The quantitative estimate of drug-likeness (QED) is 0.141. The number of carboxylic acid groups (broad SMARTS) is 1. The molecule has 6 atom stereocenters. The molecule has 0 radical (unpaired) electrons. The van der Waals surface area contributed by atoms with Crippen LogP contribution in [0.1, 0.15) is 166 Å². The van der Waals surface area contributed by atoms with E-state index in [4.69, 9.17) is 36.1 Å². The van der Waals surface area contributed by atoms with Crippen molar-refractivity contribution in [2.75, 3.05) is 39.3 Å². The molecule has 6 fully saturated rings. The number of carbonyl (C=O) groups excluding carboxylic acids is 4. The second kappa shape index (κ2) is 26.6. The second-order valence-electron chi connectivity index (χ2n) is 24.5. The van der Waals surface area contributed by atoms with Gasteiger partial charge >= 0.3 is 18.2 Å². The summed E-state index contributed by atoms with van der Waals surface area (Å²) in [6, 6.07) is 27.8. The maximum Gasteiger partial charge on any atom is 0.410 e. The van der Waals surface area contributed by atoms with Crippen LogP contribution in [0, 0.1) is 50.2 Å². The molecule has 3 aromatic rings. The molecule has 3 aliphatic heterocycles. The van der Waals surface area contributed by atoms with Crippen LogP contribution in [-0.2, 0) is 28.7 Å². The van der Waals surface area contributed by atoms with Gasteiger partial charge in [-0.25, -0.2) is 14.4 Å². The van der Waals surface area contributed by atoms with Crippen molar-refractivity contribution in [2.24, 2.45) is 22.0 Å². The number of rotatable bonds is 8. The Kier molecular flexibility index (Phi) is 20.5. The number of ether oxygens (including phenoxy) is 2. The van der Waals surface area contributed by atoms with Crippen molar-refractivity contribution in [3.63, 3.8) is 0 Å². The van der Waals surface area contributed by atoms with Crippen LogP contribution < -0.4 is 21.7 Å². The second-order valence-corrected chi connectivity index (χ2v) is 24.5. The summed E-state index contributed by atoms with van der Waals surface area (Å²) in [4.78, 5) is 63.2. The number of nitriles is 3. The van der Waals surface area contributed by atoms with Crippen molar-refractivity contribution >= 4 is 30.0 Å². The average Bonchev–Trinajstić information content (AvgIpc) is 4.29. The zero-order chi connectivity index (χ0) is 56.7. The number of carbonyl (C=O) groups is 5. The highest BCUT2D eigenvalue weighted by Crippen LogP contribution is 2.47. The fourth-order valence-corrected chi connectivity index (χ4v) is 11.8. The standard InChI is InChI=1S/C22H29N3O3.C17H21N3O.C13H24N2O2.C9H7NO2/c1-21(2,3)28-20(27)25-13-11-22(15-25)10-8-18(14-22)24-19(26)17-6-4-16(5-7-17)9-12-23;18-9-6-13-1-3-14(4-2-13)16(21)20-15-5-7-17(11-15)8-10-19-12-17;1-12(2,3)17-11(16)15-7-6-13(9-15)5-4-10(14)8-13;10-6-5-7-1-3-8(4-2-7)9(11)12/h4-7,18H,8-11,13-15H2,1-3H3,(H,24,26);1-4,15,19H,5-8,10-12H2,(H,20,21);10H,4-9,14H2,1-3H3;1-4H,5H2,(H,11,12). The molecule has 4 amide bonds. The Bertz CT molecular complexity index is 2670. The lowest BCUT2D eigenvalue weighted by Gasteiger charge is -2.27. The third kappa shape index (κ3) is 17.8. The summed E-state index contributed by atoms with van der Waals surface area (Å²) in [5.41, 5.74) is 10.1. The molecule has 17 heteroatoms. The number of nitrogens with two attached hydrogens (primary N) is 1. The van der Waals surface area contributed by atoms with Crippen molar-refractivity contribution in [1.82, 2.24) is 25.8 Å². The van der Waals surface area contributed by atoms with Gasteiger partial charge in [-0.05, 0) is 194 Å². The molecule has 6 N–H and O–H groups in total. The fourth-order valence-electron chi connectivity index (χ4n) is 11.8. The predicted molar refractivity (Wildman–Crippen MR) is 296 cm³/mol. The van der Waals surface area contributed by atoms with Crippen LogP contribution in [0.3, 0.4) is 0 Å². The minimum Gasteiger partial charge on any atom is -0.478 e. The van der Waals surface area contributed by atoms with Gasteiger partial charge in [0.15, 0.2) is 0 Å². The summed E-state index contributed by atoms with van der Waals surface area (Å²) in [6.45, 7) is 16.6. The summed E-state index contributed by atoms with van der Waals surface area (Å²) in [6.07, 6.45) is 13.5. The molecule has 3 aliphatic carbocycles. The first-order valence-corrected chi connectivity index (χ1v) is 27.6. The van der Waals surface area contributed by atoms with E-state index in [9.17, 15) is 24.0 Å². The van der Waals surface area contributed by atoms with Crippen LogP contribution in [0.2, 0.25) is 0 Å². The highest BCUT2D eigenvalue weighted by molar-refractivity contribution is 5.95. The molecular formula is C61H81N9O8. The summed E-state index contributed by atoms with van der Waals surface area (Å²) in [5, 5.41) is 44.0. The number of hydrogen-bond acceptors (Lipinski definition) is 12. The summed E-state index contributed by atoms with van der Waals surface area (Å²) in [7, 11) is 0. The zero-order valence-corrected chi connectivity index (χ0v) is 46.6. The number of amides is 4. The van der Waals surface area contributed by atoms with Crippen LogP contribution in [0.5, 0.6) is 0 Å². The monoisotopic (exact) mass is 1070 g/mol. The molecule has 418 valence electrons. The Balaban J connectivity index is 0.000000176. The normalized spacial score (nSPS) is 24.8. The number of carboxylic acids is 1. The number of aromatic carboxylic acids is 1. The largest absolute Gasteiger partial charge is 0.478 e. The van der Waals surface area contributed by atoms with Gasteiger partial charge in [0.1, 0.15) is 11.2 Å². The molecule has 0 bridgehead atoms. The van der Waals surface area contributed by atoms with E-state index in [-0.39, 0.29) is 46.4 Å². The van der Waals surface area contributed by atoms with Crippen LogP contribution in [0.15, 0.2) is 72.8 Å². The minimum absolute atomic E-state index is 0.00603. The van der Waals surface area contributed by atoms with Gasteiger partial charge in [0.05, 0.1) is 43.0 Å². The highest BCUT2D eigenvalue weighted by atomic mass is 16.6. The Morgan fingerprint density at radius 1 is 0.590 bits per heavy atom. The maximum absolute atomic E-state index is 12.5. The Morgan fingerprint density at radius 3 is 1.33 bits per heavy atom. The first-order valence-electron chi connectivity index (χ1n) is 27.6. The number of nitrogens with zero attached hydrogens (tertiary/aromatic N) is 5.